The van der Waals surface area contributed by atoms with Gasteiger partial charge in [0.25, 0.3) is 0 Å². The zero-order chi connectivity index (χ0) is 24.0. The highest BCUT2D eigenvalue weighted by molar-refractivity contribution is 5.81. The van der Waals surface area contributed by atoms with Gasteiger partial charge in [-0.1, -0.05) is 0 Å². The van der Waals surface area contributed by atoms with Gasteiger partial charge in [-0.2, -0.15) is 14.4 Å². The highest BCUT2D eigenvalue weighted by Gasteiger charge is 2.75. The molecule has 1 fully saturated rings. The van der Waals surface area contributed by atoms with Crippen LogP contribution in [0.4, 0.5) is 10.2 Å². The second-order valence-corrected chi connectivity index (χ2v) is 6.69. The molecule has 1 aliphatic rings. The van der Waals surface area contributed by atoms with Gasteiger partial charge >= 0.3 is 35.6 Å². The van der Waals surface area contributed by atoms with Crippen LogP contribution in [0.15, 0.2) is 6.33 Å². The number of imidazole rings is 1. The minimum atomic E-state index is -3.34. The van der Waals surface area contributed by atoms with Crippen molar-refractivity contribution in [2.75, 3.05) is 5.73 Å². The number of aromatic nitrogens is 4. The molecule has 0 saturated carbocycles. The molecule has 0 bridgehead atoms. The quantitative estimate of drug-likeness (QED) is 0.162. The Balaban J connectivity index is 2.24. The molecule has 2 aromatic heterocycles. The summed E-state index contributed by atoms with van der Waals surface area (Å²) in [6, 6.07) is 0. The number of aliphatic hydroxyl groups excluding tert-OH is 1. The second kappa shape index (κ2) is 7.90. The van der Waals surface area contributed by atoms with Crippen LogP contribution in [-0.2, 0) is 33.3 Å². The van der Waals surface area contributed by atoms with Crippen LogP contribution in [0, 0.1) is 6.08 Å². The van der Waals surface area contributed by atoms with Crippen molar-refractivity contribution in [3.63, 3.8) is 0 Å². The molecule has 5 N–H and O–H groups in total. The first-order valence-corrected chi connectivity index (χ1v) is 8.80. The number of rotatable bonds is 5. The topological polar surface area (TPSA) is 218 Å². The van der Waals surface area contributed by atoms with Crippen LogP contribution in [0.1, 0.15) is 27.0 Å². The molecule has 0 radical (unpaired) electrons. The summed E-state index contributed by atoms with van der Waals surface area (Å²) in [4.78, 5) is 45.3. The predicted molar refractivity (Wildman–Crippen MR) is 94.8 cm³/mol. The second-order valence-electron chi connectivity index (χ2n) is 6.69. The van der Waals surface area contributed by atoms with Gasteiger partial charge in [0.2, 0.25) is 12.5 Å². The number of hydrogen-bond acceptors (Lipinski definition) is 14. The van der Waals surface area contributed by atoms with Gasteiger partial charge in [-0.3, -0.25) is 19.0 Å². The molecule has 15 nitrogen and oxygen atoms in total. The monoisotopic (exact) mass is 459 g/mol. The average molecular weight is 459 g/mol. The Bertz CT molecular complexity index is 1090. The Morgan fingerprint density at radius 3 is 2.31 bits per heavy atom. The van der Waals surface area contributed by atoms with Crippen molar-refractivity contribution in [3.05, 3.63) is 12.4 Å². The lowest BCUT2D eigenvalue weighted by Crippen LogP contribution is -2.64. The number of halogens is 1. The van der Waals surface area contributed by atoms with Crippen molar-refractivity contribution in [3.8, 4) is 0 Å². The lowest BCUT2D eigenvalue weighted by Gasteiger charge is -2.38. The zero-order valence-corrected chi connectivity index (χ0v) is 16.8. The third kappa shape index (κ3) is 3.68. The number of ether oxygens (including phenoxy) is 4. The first-order valence-electron chi connectivity index (χ1n) is 8.80. The molecule has 32 heavy (non-hydrogen) atoms. The molecule has 0 unspecified atom stereocenters. The fourth-order valence-corrected chi connectivity index (χ4v) is 3.23. The third-order valence-corrected chi connectivity index (χ3v) is 4.33. The lowest BCUT2D eigenvalue weighted by molar-refractivity contribution is -0.366. The summed E-state index contributed by atoms with van der Waals surface area (Å²) in [7, 11) is 0. The molecule has 0 aliphatic carbocycles. The number of hydrogen-bond donors (Lipinski definition) is 4. The minimum absolute atomic E-state index is 0.166. The van der Waals surface area contributed by atoms with Crippen molar-refractivity contribution in [2.24, 2.45) is 0 Å². The van der Waals surface area contributed by atoms with E-state index in [9.17, 15) is 34.1 Å². The summed E-state index contributed by atoms with van der Waals surface area (Å²) < 4.78 is 34.1. The van der Waals surface area contributed by atoms with Crippen molar-refractivity contribution < 1.29 is 53.0 Å². The number of esters is 3. The smallest absolute Gasteiger partial charge is 0.326 e. The lowest BCUT2D eigenvalue weighted by atomic mass is 10.0. The number of nitrogen functional groups attached to an aromatic ring is 1. The standard InChI is InChI=1S/C16H18FN5O10/c1-5(23)29-12(26)9-15(27,31-6(2)24)16(28,32-7(3)25)13(30-9)22-4-19-8-10(18)20-14(17)21-11(8)22/h4,9,12-13,26-28H,1-3H3,(H2,18,20,21)/t9-,12-,13+,15+,16-/m0/s1. The molecule has 174 valence electrons. The van der Waals surface area contributed by atoms with Gasteiger partial charge in [-0.25, -0.2) is 4.98 Å². The molecule has 2 aromatic rings. The van der Waals surface area contributed by atoms with E-state index in [-0.39, 0.29) is 5.52 Å². The van der Waals surface area contributed by atoms with Crippen LogP contribution in [0.25, 0.3) is 11.2 Å². The first kappa shape index (κ1) is 23.2. The van der Waals surface area contributed by atoms with E-state index in [0.29, 0.717) is 0 Å². The number of nitrogens with zero attached hydrogens (tertiary/aromatic N) is 4. The first-order chi connectivity index (χ1) is 14.8. The maximum atomic E-state index is 13.8. The number of fused-ring (bicyclic) bond motifs is 1. The highest BCUT2D eigenvalue weighted by atomic mass is 19.1. The molecule has 1 aliphatic heterocycles. The Hall–Kier alpha value is -3.47. The molecule has 0 spiro atoms. The fraction of sp³-hybridized carbons (Fsp3) is 0.500. The number of carbonyl (C=O) groups is 3. The number of aliphatic hydroxyl groups is 3. The van der Waals surface area contributed by atoms with Crippen molar-refractivity contribution in [2.45, 2.75) is 51.0 Å². The molecule has 0 aromatic carbocycles. The van der Waals surface area contributed by atoms with Crippen LogP contribution in [0.2, 0.25) is 0 Å². The third-order valence-electron chi connectivity index (χ3n) is 4.33. The van der Waals surface area contributed by atoms with E-state index in [2.05, 4.69) is 19.7 Å². The maximum Gasteiger partial charge on any atom is 0.326 e. The SMILES string of the molecule is CC(=O)O[C@H](O)[C@@H]1O[C@@H](n2cnc3c(N)nc(F)nc32)[C@](O)(OC(C)=O)[C@]1(O)OC(C)=O. The van der Waals surface area contributed by atoms with Crippen LogP contribution < -0.4 is 5.73 Å². The maximum absolute atomic E-state index is 13.8. The molecular weight excluding hydrogens is 441 g/mol. The Morgan fingerprint density at radius 2 is 1.75 bits per heavy atom. The van der Waals surface area contributed by atoms with Gasteiger partial charge < -0.3 is 40.0 Å². The normalized spacial score (nSPS) is 28.3. The summed E-state index contributed by atoms with van der Waals surface area (Å²) >= 11 is 0. The van der Waals surface area contributed by atoms with Gasteiger partial charge in [0, 0.05) is 20.8 Å². The van der Waals surface area contributed by atoms with Crippen LogP contribution >= 0.6 is 0 Å². The summed E-state index contributed by atoms with van der Waals surface area (Å²) in [6.45, 7) is 2.57. The molecule has 3 rings (SSSR count). The predicted octanol–water partition coefficient (Wildman–Crippen LogP) is -2.17. The van der Waals surface area contributed by atoms with Gasteiger partial charge in [0.1, 0.15) is 0 Å². The molecule has 16 heteroatoms. The molecule has 0 amide bonds. The molecule has 3 heterocycles. The van der Waals surface area contributed by atoms with Gasteiger partial charge in [0.05, 0.1) is 6.33 Å². The van der Waals surface area contributed by atoms with Gasteiger partial charge in [-0.15, -0.1) is 0 Å². The van der Waals surface area contributed by atoms with Crippen molar-refractivity contribution in [1.82, 2.24) is 19.5 Å². The number of nitrogens with two attached hydrogens (primary N) is 1. The van der Waals surface area contributed by atoms with Crippen LogP contribution in [-0.4, -0.2) is 76.7 Å². The molecular formula is C16H18FN5O10. The van der Waals surface area contributed by atoms with E-state index in [0.717, 1.165) is 31.7 Å². The van der Waals surface area contributed by atoms with Crippen LogP contribution in [0.5, 0.6) is 0 Å². The summed E-state index contributed by atoms with van der Waals surface area (Å²) in [5, 5.41) is 32.6. The molecule has 1 saturated heterocycles. The van der Waals surface area contributed by atoms with E-state index >= 15 is 0 Å². The van der Waals surface area contributed by atoms with E-state index < -0.39 is 65.6 Å². The summed E-state index contributed by atoms with van der Waals surface area (Å²) in [5.74, 6) is -10.5. The fourth-order valence-electron chi connectivity index (χ4n) is 3.23. The number of carbonyl (C=O) groups excluding carboxylic acids is 3. The summed E-state index contributed by atoms with van der Waals surface area (Å²) in [5.41, 5.74) is 5.04. The molecule has 5 atom stereocenters. The Morgan fingerprint density at radius 1 is 1.16 bits per heavy atom. The van der Waals surface area contributed by atoms with Gasteiger partial charge in [-0.05, 0) is 0 Å². The van der Waals surface area contributed by atoms with Gasteiger partial charge in [0.15, 0.2) is 23.1 Å². The van der Waals surface area contributed by atoms with Crippen molar-refractivity contribution in [1.29, 1.82) is 0 Å². The number of anilines is 1. The highest BCUT2D eigenvalue weighted by Crippen LogP contribution is 2.49. The Kier molecular flexibility index (Phi) is 5.73. The van der Waals surface area contributed by atoms with E-state index in [1.54, 1.807) is 0 Å². The van der Waals surface area contributed by atoms with E-state index in [4.69, 9.17) is 19.9 Å². The van der Waals surface area contributed by atoms with Crippen molar-refractivity contribution >= 4 is 34.9 Å². The summed E-state index contributed by atoms with van der Waals surface area (Å²) in [6.07, 6.45) is -7.04. The minimum Gasteiger partial charge on any atom is -0.433 e. The average Bonchev–Trinajstić information content (AvgIpc) is 3.11. The van der Waals surface area contributed by atoms with E-state index in [1.165, 1.54) is 0 Å². The van der Waals surface area contributed by atoms with Crippen LogP contribution in [0.3, 0.4) is 0 Å². The zero-order valence-electron chi connectivity index (χ0n) is 16.8. The Labute approximate surface area is 177 Å². The largest absolute Gasteiger partial charge is 0.433 e. The van der Waals surface area contributed by atoms with E-state index in [1.807, 2.05) is 0 Å².